The molecule has 0 saturated heterocycles. The van der Waals surface area contributed by atoms with Crippen LogP contribution in [0.5, 0.6) is 5.75 Å². The Morgan fingerprint density at radius 1 is 1.16 bits per heavy atom. The van der Waals surface area contributed by atoms with Crippen molar-refractivity contribution in [2.24, 2.45) is 0 Å². The van der Waals surface area contributed by atoms with Gasteiger partial charge in [0.15, 0.2) is 0 Å². The standard InChI is InChI=1S/C16H16ClFO/c1-19-14-9-7-13(16(18)11-14)8-10-15(17)12-5-3-2-4-6-12/h2-7,9,11,15H,8,10H2,1H3. The molecule has 0 amide bonds. The molecule has 1 unspecified atom stereocenters. The first-order chi connectivity index (χ1) is 9.20. The van der Waals surface area contributed by atoms with E-state index < -0.39 is 0 Å². The van der Waals surface area contributed by atoms with Crippen molar-refractivity contribution in [2.75, 3.05) is 7.11 Å². The molecule has 19 heavy (non-hydrogen) atoms. The van der Waals surface area contributed by atoms with Gasteiger partial charge in [0, 0.05) is 6.07 Å². The van der Waals surface area contributed by atoms with Gasteiger partial charge in [-0.05, 0) is 30.0 Å². The Labute approximate surface area is 118 Å². The van der Waals surface area contributed by atoms with Crippen LogP contribution >= 0.6 is 11.6 Å². The molecule has 1 nitrogen and oxygen atoms in total. The van der Waals surface area contributed by atoms with Gasteiger partial charge in [-0.1, -0.05) is 36.4 Å². The van der Waals surface area contributed by atoms with Crippen LogP contribution < -0.4 is 4.74 Å². The summed E-state index contributed by atoms with van der Waals surface area (Å²) in [6.07, 6.45) is 1.31. The van der Waals surface area contributed by atoms with Crippen molar-refractivity contribution in [1.29, 1.82) is 0 Å². The molecule has 2 aromatic carbocycles. The molecule has 0 heterocycles. The molecule has 0 saturated carbocycles. The lowest BCUT2D eigenvalue weighted by atomic mass is 10.0. The van der Waals surface area contributed by atoms with Crippen molar-refractivity contribution in [1.82, 2.24) is 0 Å². The van der Waals surface area contributed by atoms with E-state index in [4.69, 9.17) is 16.3 Å². The number of ether oxygens (including phenoxy) is 1. The largest absolute Gasteiger partial charge is 0.497 e. The Morgan fingerprint density at radius 3 is 2.53 bits per heavy atom. The summed E-state index contributed by atoms with van der Waals surface area (Å²) in [7, 11) is 1.53. The molecule has 0 N–H and O–H groups in total. The van der Waals surface area contributed by atoms with Gasteiger partial charge in [0.25, 0.3) is 0 Å². The van der Waals surface area contributed by atoms with E-state index in [1.807, 2.05) is 30.3 Å². The summed E-state index contributed by atoms with van der Waals surface area (Å²) in [5.74, 6) is 0.294. The van der Waals surface area contributed by atoms with Crippen LogP contribution in [-0.4, -0.2) is 7.11 Å². The molecular weight excluding hydrogens is 263 g/mol. The van der Waals surface area contributed by atoms with E-state index >= 15 is 0 Å². The molecule has 0 aliphatic heterocycles. The van der Waals surface area contributed by atoms with Crippen molar-refractivity contribution in [3.8, 4) is 5.75 Å². The topological polar surface area (TPSA) is 9.23 Å². The maximum atomic E-state index is 13.8. The highest BCUT2D eigenvalue weighted by molar-refractivity contribution is 6.20. The Kier molecular flexibility index (Phi) is 4.80. The maximum Gasteiger partial charge on any atom is 0.130 e. The Bertz CT molecular complexity index is 528. The number of aryl methyl sites for hydroxylation is 1. The molecular formula is C16H16ClFO. The lowest BCUT2D eigenvalue weighted by Crippen LogP contribution is -1.97. The quantitative estimate of drug-likeness (QED) is 0.717. The van der Waals surface area contributed by atoms with Crippen molar-refractivity contribution < 1.29 is 9.13 Å². The third-order valence-corrected chi connectivity index (χ3v) is 3.56. The summed E-state index contributed by atoms with van der Waals surface area (Å²) in [5.41, 5.74) is 1.74. The van der Waals surface area contributed by atoms with Crippen LogP contribution in [0.4, 0.5) is 4.39 Å². The highest BCUT2D eigenvalue weighted by Gasteiger charge is 2.10. The van der Waals surface area contributed by atoms with Gasteiger partial charge in [-0.2, -0.15) is 0 Å². The van der Waals surface area contributed by atoms with E-state index in [1.54, 1.807) is 12.1 Å². The molecule has 0 bridgehead atoms. The second-order valence-electron chi connectivity index (χ2n) is 4.37. The molecule has 2 rings (SSSR count). The van der Waals surface area contributed by atoms with Crippen LogP contribution in [0, 0.1) is 5.82 Å². The second-order valence-corrected chi connectivity index (χ2v) is 4.90. The van der Waals surface area contributed by atoms with Crippen molar-refractivity contribution in [3.63, 3.8) is 0 Å². The average Bonchev–Trinajstić information content (AvgIpc) is 2.46. The van der Waals surface area contributed by atoms with Crippen LogP contribution in [-0.2, 0) is 6.42 Å². The molecule has 1 atom stereocenters. The van der Waals surface area contributed by atoms with E-state index in [1.165, 1.54) is 13.2 Å². The molecule has 0 radical (unpaired) electrons. The first kappa shape index (κ1) is 13.9. The van der Waals surface area contributed by atoms with Gasteiger partial charge < -0.3 is 4.74 Å². The van der Waals surface area contributed by atoms with Crippen LogP contribution in [0.1, 0.15) is 22.9 Å². The minimum absolute atomic E-state index is 0.0947. The maximum absolute atomic E-state index is 13.8. The summed E-state index contributed by atoms with van der Waals surface area (Å²) < 4.78 is 18.7. The van der Waals surface area contributed by atoms with Crippen molar-refractivity contribution >= 4 is 11.6 Å². The van der Waals surface area contributed by atoms with Crippen molar-refractivity contribution in [3.05, 3.63) is 65.5 Å². The first-order valence-electron chi connectivity index (χ1n) is 6.22. The highest BCUT2D eigenvalue weighted by atomic mass is 35.5. The first-order valence-corrected chi connectivity index (χ1v) is 6.66. The molecule has 0 aliphatic rings. The van der Waals surface area contributed by atoms with Gasteiger partial charge in [0.1, 0.15) is 11.6 Å². The van der Waals surface area contributed by atoms with Gasteiger partial charge in [0.05, 0.1) is 12.5 Å². The van der Waals surface area contributed by atoms with Crippen LogP contribution in [0.15, 0.2) is 48.5 Å². The number of alkyl halides is 1. The molecule has 0 fully saturated rings. The molecule has 0 spiro atoms. The summed E-state index contributed by atoms with van der Waals surface area (Å²) in [6.45, 7) is 0. The average molecular weight is 279 g/mol. The van der Waals surface area contributed by atoms with E-state index in [9.17, 15) is 4.39 Å². The van der Waals surface area contributed by atoms with Gasteiger partial charge in [-0.3, -0.25) is 0 Å². The summed E-state index contributed by atoms with van der Waals surface area (Å²) in [4.78, 5) is 0. The number of hydrogen-bond acceptors (Lipinski definition) is 1. The Morgan fingerprint density at radius 2 is 1.89 bits per heavy atom. The van der Waals surface area contributed by atoms with Gasteiger partial charge in [-0.15, -0.1) is 11.6 Å². The normalized spacial score (nSPS) is 12.2. The fourth-order valence-electron chi connectivity index (χ4n) is 1.97. The number of hydrogen-bond donors (Lipinski definition) is 0. The molecule has 100 valence electrons. The van der Waals surface area contributed by atoms with E-state index in [0.717, 1.165) is 5.56 Å². The van der Waals surface area contributed by atoms with Crippen LogP contribution in [0.3, 0.4) is 0 Å². The van der Waals surface area contributed by atoms with Crippen LogP contribution in [0.2, 0.25) is 0 Å². The number of halogens is 2. The zero-order valence-corrected chi connectivity index (χ0v) is 11.5. The lowest BCUT2D eigenvalue weighted by molar-refractivity contribution is 0.410. The zero-order chi connectivity index (χ0) is 13.7. The third kappa shape index (κ3) is 3.71. The molecule has 2 aromatic rings. The summed E-state index contributed by atoms with van der Waals surface area (Å²) >= 11 is 6.32. The predicted molar refractivity (Wildman–Crippen MR) is 76.3 cm³/mol. The summed E-state index contributed by atoms with van der Waals surface area (Å²) in [6, 6.07) is 14.8. The molecule has 3 heteroatoms. The molecule has 0 aliphatic carbocycles. The Hall–Kier alpha value is -1.54. The molecule has 0 aromatic heterocycles. The van der Waals surface area contributed by atoms with Gasteiger partial charge in [0.2, 0.25) is 0 Å². The van der Waals surface area contributed by atoms with Crippen molar-refractivity contribution in [2.45, 2.75) is 18.2 Å². The number of rotatable bonds is 5. The fourth-order valence-corrected chi connectivity index (χ4v) is 2.22. The number of benzene rings is 2. The van der Waals surface area contributed by atoms with E-state index in [2.05, 4.69) is 0 Å². The lowest BCUT2D eigenvalue weighted by Gasteiger charge is -2.10. The highest BCUT2D eigenvalue weighted by Crippen LogP contribution is 2.27. The third-order valence-electron chi connectivity index (χ3n) is 3.09. The fraction of sp³-hybridized carbons (Fsp3) is 0.250. The second kappa shape index (κ2) is 6.58. The zero-order valence-electron chi connectivity index (χ0n) is 10.8. The number of methoxy groups -OCH3 is 1. The SMILES string of the molecule is COc1ccc(CCC(Cl)c2ccccc2)c(F)c1. The minimum Gasteiger partial charge on any atom is -0.497 e. The van der Waals surface area contributed by atoms with Gasteiger partial charge >= 0.3 is 0 Å². The monoisotopic (exact) mass is 278 g/mol. The Balaban J connectivity index is 1.99. The van der Waals surface area contributed by atoms with Gasteiger partial charge in [-0.25, -0.2) is 4.39 Å². The van der Waals surface area contributed by atoms with E-state index in [0.29, 0.717) is 24.2 Å². The van der Waals surface area contributed by atoms with Crippen LogP contribution in [0.25, 0.3) is 0 Å². The smallest absolute Gasteiger partial charge is 0.130 e. The van der Waals surface area contributed by atoms with E-state index in [-0.39, 0.29) is 11.2 Å². The predicted octanol–water partition coefficient (Wildman–Crippen LogP) is 4.75. The summed E-state index contributed by atoms with van der Waals surface area (Å²) in [5, 5.41) is -0.0947. The minimum atomic E-state index is -0.240.